The van der Waals surface area contributed by atoms with Crippen molar-refractivity contribution in [3.05, 3.63) is 65.7 Å². The van der Waals surface area contributed by atoms with Crippen molar-refractivity contribution in [3.63, 3.8) is 0 Å². The van der Waals surface area contributed by atoms with Crippen LogP contribution in [0, 0.1) is 0 Å². The van der Waals surface area contributed by atoms with E-state index in [4.69, 9.17) is 0 Å². The first-order valence-corrected chi connectivity index (χ1v) is 7.25. The Balaban J connectivity index is 2.18. The Morgan fingerprint density at radius 1 is 1.00 bits per heavy atom. The highest BCUT2D eigenvalue weighted by atomic mass is 16.2. The third kappa shape index (κ3) is 1.83. The minimum absolute atomic E-state index is 0.110. The lowest BCUT2D eigenvalue weighted by molar-refractivity contribution is -0.119. The Bertz CT molecular complexity index is 620. The maximum atomic E-state index is 12.7. The molecule has 0 saturated carbocycles. The van der Waals surface area contributed by atoms with Crippen molar-refractivity contribution in [2.45, 2.75) is 31.6 Å². The first-order chi connectivity index (χ1) is 9.79. The summed E-state index contributed by atoms with van der Waals surface area (Å²) < 4.78 is 0. The molecule has 0 fully saturated rings. The van der Waals surface area contributed by atoms with Crippen LogP contribution in [0.5, 0.6) is 0 Å². The van der Waals surface area contributed by atoms with Gasteiger partial charge in [0.1, 0.15) is 5.41 Å². The quantitative estimate of drug-likeness (QED) is 0.885. The number of hydrogen-bond donors (Lipinski definition) is 1. The third-order valence-electron chi connectivity index (χ3n) is 4.19. The van der Waals surface area contributed by atoms with Gasteiger partial charge in [-0.1, -0.05) is 68.3 Å². The van der Waals surface area contributed by atoms with Crippen LogP contribution in [-0.2, 0) is 10.2 Å². The second-order valence-electron chi connectivity index (χ2n) is 5.37. The molecular weight excluding hydrogens is 246 g/mol. The van der Waals surface area contributed by atoms with E-state index in [1.165, 1.54) is 0 Å². The predicted molar refractivity (Wildman–Crippen MR) is 81.8 cm³/mol. The predicted octanol–water partition coefficient (Wildman–Crippen LogP) is 4.12. The van der Waals surface area contributed by atoms with E-state index in [1.54, 1.807) is 0 Å². The first-order valence-electron chi connectivity index (χ1n) is 7.25. The second-order valence-corrected chi connectivity index (χ2v) is 5.37. The molecule has 1 aliphatic heterocycles. The van der Waals surface area contributed by atoms with Gasteiger partial charge in [0.25, 0.3) is 0 Å². The number of unbranched alkanes of at least 4 members (excludes halogenated alkanes) is 1. The molecule has 1 aliphatic rings. The molecule has 2 aromatic carbocycles. The normalized spacial score (nSPS) is 20.6. The van der Waals surface area contributed by atoms with Crippen LogP contribution < -0.4 is 5.32 Å². The van der Waals surface area contributed by atoms with Gasteiger partial charge in [-0.2, -0.15) is 0 Å². The Morgan fingerprint density at radius 3 is 2.45 bits per heavy atom. The van der Waals surface area contributed by atoms with Gasteiger partial charge in [0, 0.05) is 5.69 Å². The second kappa shape index (κ2) is 5.12. The molecule has 1 atom stereocenters. The van der Waals surface area contributed by atoms with Crippen LogP contribution in [-0.4, -0.2) is 5.91 Å². The molecule has 0 aliphatic carbocycles. The summed E-state index contributed by atoms with van der Waals surface area (Å²) in [6.07, 6.45) is 2.98. The lowest BCUT2D eigenvalue weighted by Gasteiger charge is -2.28. The van der Waals surface area contributed by atoms with E-state index < -0.39 is 5.41 Å². The van der Waals surface area contributed by atoms with Gasteiger partial charge in [-0.05, 0) is 23.6 Å². The number of rotatable bonds is 4. The lowest BCUT2D eigenvalue weighted by atomic mass is 9.72. The van der Waals surface area contributed by atoms with Gasteiger partial charge in [-0.15, -0.1) is 0 Å². The summed E-state index contributed by atoms with van der Waals surface area (Å²) >= 11 is 0. The van der Waals surface area contributed by atoms with Crippen LogP contribution in [0.1, 0.15) is 37.3 Å². The Morgan fingerprint density at radius 2 is 1.70 bits per heavy atom. The molecule has 1 N–H and O–H groups in total. The van der Waals surface area contributed by atoms with Gasteiger partial charge < -0.3 is 5.32 Å². The summed E-state index contributed by atoms with van der Waals surface area (Å²) in [6, 6.07) is 18.2. The molecule has 0 radical (unpaired) electrons. The number of amides is 1. The average molecular weight is 265 g/mol. The van der Waals surface area contributed by atoms with E-state index >= 15 is 0 Å². The molecule has 2 heteroatoms. The molecule has 0 aromatic heterocycles. The van der Waals surface area contributed by atoms with Crippen LogP contribution in [0.4, 0.5) is 5.69 Å². The Labute approximate surface area is 119 Å². The summed E-state index contributed by atoms with van der Waals surface area (Å²) in [5, 5.41) is 3.06. The summed E-state index contributed by atoms with van der Waals surface area (Å²) in [7, 11) is 0. The number of carbonyl (C=O) groups is 1. The standard InChI is InChI=1S/C18H19NO/c1-2-3-13-18(14-9-5-4-6-10-14)15-11-7-8-12-16(15)19-17(18)20/h4-12H,2-3,13H2,1H3,(H,19,20)/t18-/m0/s1. The molecule has 0 saturated heterocycles. The fourth-order valence-corrected chi connectivity index (χ4v) is 3.16. The number of nitrogens with one attached hydrogen (secondary N) is 1. The number of carbonyl (C=O) groups excluding carboxylic acids is 1. The van der Waals surface area contributed by atoms with E-state index in [0.29, 0.717) is 0 Å². The zero-order valence-electron chi connectivity index (χ0n) is 11.7. The molecule has 1 amide bonds. The van der Waals surface area contributed by atoms with Gasteiger partial charge >= 0.3 is 0 Å². The highest BCUT2D eigenvalue weighted by Gasteiger charge is 2.47. The molecular formula is C18H19NO. The molecule has 2 nitrogen and oxygen atoms in total. The summed E-state index contributed by atoms with van der Waals surface area (Å²) in [4.78, 5) is 12.7. The zero-order chi connectivity index (χ0) is 14.0. The highest BCUT2D eigenvalue weighted by Crippen LogP contribution is 2.45. The molecule has 0 bridgehead atoms. The van der Waals surface area contributed by atoms with Crippen molar-refractivity contribution in [1.29, 1.82) is 0 Å². The van der Waals surface area contributed by atoms with Crippen LogP contribution in [0.3, 0.4) is 0 Å². The summed E-state index contributed by atoms with van der Waals surface area (Å²) in [5.74, 6) is 0.110. The average Bonchev–Trinajstić information content (AvgIpc) is 2.79. The Kier molecular flexibility index (Phi) is 3.31. The van der Waals surface area contributed by atoms with Crippen LogP contribution in [0.2, 0.25) is 0 Å². The molecule has 102 valence electrons. The topological polar surface area (TPSA) is 29.1 Å². The smallest absolute Gasteiger partial charge is 0.239 e. The monoisotopic (exact) mass is 265 g/mol. The molecule has 2 aromatic rings. The number of anilines is 1. The summed E-state index contributed by atoms with van der Waals surface area (Å²) in [6.45, 7) is 2.16. The minimum atomic E-state index is -0.520. The molecule has 20 heavy (non-hydrogen) atoms. The maximum Gasteiger partial charge on any atom is 0.239 e. The van der Waals surface area contributed by atoms with Gasteiger partial charge in [-0.25, -0.2) is 0 Å². The van der Waals surface area contributed by atoms with E-state index in [-0.39, 0.29) is 5.91 Å². The van der Waals surface area contributed by atoms with Gasteiger partial charge in [-0.3, -0.25) is 4.79 Å². The van der Waals surface area contributed by atoms with Crippen molar-refractivity contribution in [1.82, 2.24) is 0 Å². The van der Waals surface area contributed by atoms with Crippen LogP contribution >= 0.6 is 0 Å². The summed E-state index contributed by atoms with van der Waals surface area (Å²) in [5.41, 5.74) is 2.64. The van der Waals surface area contributed by atoms with Crippen molar-refractivity contribution in [3.8, 4) is 0 Å². The molecule has 0 spiro atoms. The van der Waals surface area contributed by atoms with E-state index in [2.05, 4.69) is 30.4 Å². The molecule has 1 heterocycles. The minimum Gasteiger partial charge on any atom is -0.325 e. The van der Waals surface area contributed by atoms with Crippen LogP contribution in [0.25, 0.3) is 0 Å². The van der Waals surface area contributed by atoms with E-state index in [9.17, 15) is 4.79 Å². The fraction of sp³-hybridized carbons (Fsp3) is 0.278. The lowest BCUT2D eigenvalue weighted by Crippen LogP contribution is -2.35. The maximum absolute atomic E-state index is 12.7. The SMILES string of the molecule is CCCC[C@@]1(c2ccccc2)C(=O)Nc2ccccc21. The van der Waals surface area contributed by atoms with Gasteiger partial charge in [0.2, 0.25) is 5.91 Å². The van der Waals surface area contributed by atoms with Crippen molar-refractivity contribution in [2.75, 3.05) is 5.32 Å². The van der Waals surface area contributed by atoms with E-state index in [1.807, 2.05) is 36.4 Å². The van der Waals surface area contributed by atoms with Gasteiger partial charge in [0.05, 0.1) is 0 Å². The number of benzene rings is 2. The van der Waals surface area contributed by atoms with Crippen LogP contribution in [0.15, 0.2) is 54.6 Å². The third-order valence-corrected chi connectivity index (χ3v) is 4.19. The van der Waals surface area contributed by atoms with E-state index in [0.717, 1.165) is 36.1 Å². The number of hydrogen-bond acceptors (Lipinski definition) is 1. The number of para-hydroxylation sites is 1. The first kappa shape index (κ1) is 12.9. The molecule has 0 unspecified atom stereocenters. The van der Waals surface area contributed by atoms with Crippen molar-refractivity contribution in [2.24, 2.45) is 0 Å². The van der Waals surface area contributed by atoms with Crippen molar-refractivity contribution >= 4 is 11.6 Å². The number of fused-ring (bicyclic) bond motifs is 1. The zero-order valence-corrected chi connectivity index (χ0v) is 11.7. The molecule has 3 rings (SSSR count). The highest BCUT2D eigenvalue weighted by molar-refractivity contribution is 6.08. The Hall–Kier alpha value is -2.09. The fourth-order valence-electron chi connectivity index (χ4n) is 3.16. The van der Waals surface area contributed by atoms with Gasteiger partial charge in [0.15, 0.2) is 0 Å². The van der Waals surface area contributed by atoms with Crippen molar-refractivity contribution < 1.29 is 4.79 Å². The largest absolute Gasteiger partial charge is 0.325 e.